The van der Waals surface area contributed by atoms with Crippen molar-refractivity contribution in [2.24, 2.45) is 5.92 Å². The molecule has 0 aliphatic rings. The number of benzene rings is 1. The molecule has 21 heavy (non-hydrogen) atoms. The Hall–Kier alpha value is -1.40. The maximum Gasteiger partial charge on any atom is 0.148 e. The normalized spacial score (nSPS) is 11.3. The van der Waals surface area contributed by atoms with Gasteiger partial charge >= 0.3 is 0 Å². The molecular weight excluding hydrogens is 292 g/mol. The van der Waals surface area contributed by atoms with Crippen molar-refractivity contribution in [2.75, 3.05) is 13.1 Å². The van der Waals surface area contributed by atoms with Gasteiger partial charge in [0, 0.05) is 18.1 Å². The van der Waals surface area contributed by atoms with Gasteiger partial charge in [0.25, 0.3) is 0 Å². The summed E-state index contributed by atoms with van der Waals surface area (Å²) in [7, 11) is 0. The molecule has 2 aromatic rings. The van der Waals surface area contributed by atoms with E-state index in [-0.39, 0.29) is 0 Å². The minimum atomic E-state index is -0.598. The highest BCUT2D eigenvalue weighted by atomic mass is 32.1. The minimum absolute atomic E-state index is 0.439. The van der Waals surface area contributed by atoms with Gasteiger partial charge in [-0.3, -0.25) is 0 Å². The molecule has 3 nitrogen and oxygen atoms in total. The average Bonchev–Trinajstić information content (AvgIpc) is 2.85. The number of hydrogen-bond acceptors (Lipinski definition) is 4. The van der Waals surface area contributed by atoms with Gasteiger partial charge < -0.3 is 5.32 Å². The Bertz CT molecular complexity index is 564. The smallest absolute Gasteiger partial charge is 0.148 e. The average molecular weight is 311 g/mol. The maximum atomic E-state index is 13.2. The molecule has 1 heterocycles. The Kier molecular flexibility index (Phi) is 5.76. The zero-order valence-corrected chi connectivity index (χ0v) is 13.0. The number of aromatic nitrogens is 2. The molecule has 0 aliphatic heterocycles. The van der Waals surface area contributed by atoms with E-state index < -0.39 is 11.6 Å². The molecule has 0 amide bonds. The minimum Gasteiger partial charge on any atom is -0.316 e. The van der Waals surface area contributed by atoms with E-state index in [4.69, 9.17) is 0 Å². The summed E-state index contributed by atoms with van der Waals surface area (Å²) in [5, 5.41) is 12.9. The van der Waals surface area contributed by atoms with E-state index in [9.17, 15) is 8.78 Å². The molecule has 0 saturated carbocycles. The van der Waals surface area contributed by atoms with Crippen molar-refractivity contribution in [3.05, 3.63) is 34.8 Å². The lowest BCUT2D eigenvalue weighted by atomic mass is 10.2. The first-order valence-corrected chi connectivity index (χ1v) is 7.86. The van der Waals surface area contributed by atoms with E-state index in [2.05, 4.69) is 29.4 Å². The lowest BCUT2D eigenvalue weighted by Gasteiger charge is -2.05. The topological polar surface area (TPSA) is 37.8 Å². The third-order valence-corrected chi connectivity index (χ3v) is 3.91. The third kappa shape index (κ3) is 5.13. The van der Waals surface area contributed by atoms with Crippen molar-refractivity contribution in [3.8, 4) is 10.6 Å². The van der Waals surface area contributed by atoms with Crippen LogP contribution in [0.25, 0.3) is 10.6 Å². The number of nitrogens with zero attached hydrogens (tertiary/aromatic N) is 2. The first-order chi connectivity index (χ1) is 10.0. The van der Waals surface area contributed by atoms with Crippen molar-refractivity contribution < 1.29 is 8.78 Å². The molecule has 2 rings (SSSR count). The van der Waals surface area contributed by atoms with Crippen molar-refractivity contribution in [2.45, 2.75) is 26.7 Å². The highest BCUT2D eigenvalue weighted by molar-refractivity contribution is 7.14. The summed E-state index contributed by atoms with van der Waals surface area (Å²) in [6, 6.07) is 3.40. The third-order valence-electron chi connectivity index (χ3n) is 2.87. The molecular formula is C15H19F2N3S. The molecule has 0 spiro atoms. The number of aryl methyl sites for hydroxylation is 1. The van der Waals surface area contributed by atoms with Crippen LogP contribution in [0.3, 0.4) is 0 Å². The van der Waals surface area contributed by atoms with E-state index in [0.717, 1.165) is 37.0 Å². The first-order valence-electron chi connectivity index (χ1n) is 7.04. The Morgan fingerprint density at radius 3 is 2.52 bits per heavy atom. The summed E-state index contributed by atoms with van der Waals surface area (Å²) in [6.45, 7) is 6.27. The predicted molar refractivity (Wildman–Crippen MR) is 81.3 cm³/mol. The van der Waals surface area contributed by atoms with E-state index >= 15 is 0 Å². The molecule has 0 atom stereocenters. The lowest BCUT2D eigenvalue weighted by Crippen LogP contribution is -2.21. The SMILES string of the molecule is CC(C)CNCCCc1nnc(-c2cc(F)cc(F)c2)s1. The molecule has 0 aliphatic carbocycles. The summed E-state index contributed by atoms with van der Waals surface area (Å²) in [4.78, 5) is 0. The standard InChI is InChI=1S/C15H19F2N3S/c1-10(2)9-18-5-3-4-14-19-20-15(21-14)11-6-12(16)8-13(17)7-11/h6-8,10,18H,3-5,9H2,1-2H3. The zero-order chi connectivity index (χ0) is 15.2. The van der Waals surface area contributed by atoms with E-state index in [1.165, 1.54) is 23.5 Å². The van der Waals surface area contributed by atoms with Gasteiger partial charge in [-0.1, -0.05) is 25.2 Å². The van der Waals surface area contributed by atoms with Gasteiger partial charge in [0.2, 0.25) is 0 Å². The highest BCUT2D eigenvalue weighted by Gasteiger charge is 2.09. The fourth-order valence-corrected chi connectivity index (χ4v) is 2.77. The van der Waals surface area contributed by atoms with Crippen LogP contribution in [-0.2, 0) is 6.42 Å². The van der Waals surface area contributed by atoms with Crippen molar-refractivity contribution in [3.63, 3.8) is 0 Å². The van der Waals surface area contributed by atoms with Crippen LogP contribution in [0.1, 0.15) is 25.3 Å². The molecule has 0 unspecified atom stereocenters. The highest BCUT2D eigenvalue weighted by Crippen LogP contribution is 2.25. The van der Waals surface area contributed by atoms with Crippen LogP contribution in [0, 0.1) is 17.6 Å². The van der Waals surface area contributed by atoms with Crippen molar-refractivity contribution >= 4 is 11.3 Å². The molecule has 0 fully saturated rings. The quantitative estimate of drug-likeness (QED) is 0.793. The van der Waals surface area contributed by atoms with E-state index in [1.807, 2.05) is 0 Å². The summed E-state index contributed by atoms with van der Waals surface area (Å²) in [5.41, 5.74) is 0.439. The second kappa shape index (κ2) is 7.56. The number of halogens is 2. The molecule has 1 N–H and O–H groups in total. The Morgan fingerprint density at radius 1 is 1.14 bits per heavy atom. The molecule has 6 heteroatoms. The monoisotopic (exact) mass is 311 g/mol. The van der Waals surface area contributed by atoms with Crippen LogP contribution >= 0.6 is 11.3 Å². The molecule has 1 aromatic heterocycles. The second-order valence-electron chi connectivity index (χ2n) is 5.36. The van der Waals surface area contributed by atoms with Gasteiger partial charge in [-0.2, -0.15) is 0 Å². The summed E-state index contributed by atoms with van der Waals surface area (Å²) < 4.78 is 26.4. The first kappa shape index (κ1) is 16.0. The van der Waals surface area contributed by atoms with E-state index in [1.54, 1.807) is 0 Å². The molecule has 1 aromatic carbocycles. The van der Waals surface area contributed by atoms with Crippen LogP contribution < -0.4 is 5.32 Å². The van der Waals surface area contributed by atoms with E-state index in [0.29, 0.717) is 16.5 Å². The van der Waals surface area contributed by atoms with Crippen LogP contribution in [-0.4, -0.2) is 23.3 Å². The fourth-order valence-electron chi connectivity index (χ4n) is 1.90. The number of nitrogens with one attached hydrogen (secondary N) is 1. The van der Waals surface area contributed by atoms with Gasteiger partial charge in [-0.15, -0.1) is 10.2 Å². The Balaban J connectivity index is 1.89. The number of rotatable bonds is 7. The molecule has 0 bridgehead atoms. The van der Waals surface area contributed by atoms with Gasteiger partial charge in [-0.05, 0) is 37.6 Å². The Labute approximate surface area is 127 Å². The largest absolute Gasteiger partial charge is 0.316 e. The van der Waals surface area contributed by atoms with Gasteiger partial charge in [0.15, 0.2) is 0 Å². The predicted octanol–water partition coefficient (Wildman–Crippen LogP) is 3.66. The van der Waals surface area contributed by atoms with Crippen molar-refractivity contribution in [1.82, 2.24) is 15.5 Å². The number of hydrogen-bond donors (Lipinski definition) is 1. The lowest BCUT2D eigenvalue weighted by molar-refractivity contribution is 0.542. The van der Waals surface area contributed by atoms with Gasteiger partial charge in [0.05, 0.1) is 0 Å². The molecule has 0 saturated heterocycles. The second-order valence-corrected chi connectivity index (χ2v) is 6.42. The van der Waals surface area contributed by atoms with Crippen LogP contribution in [0.2, 0.25) is 0 Å². The molecule has 114 valence electrons. The Morgan fingerprint density at radius 2 is 1.86 bits per heavy atom. The van der Waals surface area contributed by atoms with Crippen molar-refractivity contribution in [1.29, 1.82) is 0 Å². The summed E-state index contributed by atoms with van der Waals surface area (Å²) in [5.74, 6) is -0.555. The van der Waals surface area contributed by atoms with Crippen LogP contribution in [0.15, 0.2) is 18.2 Å². The van der Waals surface area contributed by atoms with Crippen LogP contribution in [0.5, 0.6) is 0 Å². The summed E-state index contributed by atoms with van der Waals surface area (Å²) in [6.07, 6.45) is 1.79. The zero-order valence-electron chi connectivity index (χ0n) is 12.2. The van der Waals surface area contributed by atoms with Gasteiger partial charge in [-0.25, -0.2) is 8.78 Å². The molecule has 0 radical (unpaired) electrons. The fraction of sp³-hybridized carbons (Fsp3) is 0.467. The van der Waals surface area contributed by atoms with Crippen LogP contribution in [0.4, 0.5) is 8.78 Å². The van der Waals surface area contributed by atoms with Gasteiger partial charge in [0.1, 0.15) is 21.6 Å². The summed E-state index contributed by atoms with van der Waals surface area (Å²) >= 11 is 1.38. The maximum absolute atomic E-state index is 13.2.